The molecule has 0 saturated carbocycles. The number of benzene rings is 4. The fourth-order valence-electron chi connectivity index (χ4n) is 6.72. The minimum Gasteiger partial charge on any atom is -0.453 e. The first-order valence-electron chi connectivity index (χ1n) is 15.7. The van der Waals surface area contributed by atoms with Crippen LogP contribution in [0.2, 0.25) is 0 Å². The summed E-state index contributed by atoms with van der Waals surface area (Å²) < 4.78 is 11.8. The fourth-order valence-corrected chi connectivity index (χ4v) is 6.72. The lowest BCUT2D eigenvalue weighted by atomic mass is 9.92. The third kappa shape index (κ3) is 4.16. The lowest BCUT2D eigenvalue weighted by Crippen LogP contribution is -2.30. The second-order valence-electron chi connectivity index (χ2n) is 13.9. The molecule has 222 valence electrons. The van der Waals surface area contributed by atoms with E-state index in [2.05, 4.69) is 143 Å². The van der Waals surface area contributed by atoms with Crippen molar-refractivity contribution in [3.63, 3.8) is 0 Å². The first-order chi connectivity index (χ1) is 21.0. The van der Waals surface area contributed by atoms with E-state index in [9.17, 15) is 0 Å². The molecule has 0 saturated heterocycles. The Hall–Kier alpha value is -4.51. The third-order valence-corrected chi connectivity index (χ3v) is 9.04. The van der Waals surface area contributed by atoms with Crippen LogP contribution in [0, 0.1) is 6.92 Å². The lowest BCUT2D eigenvalue weighted by Gasteiger charge is -2.18. The topological polar surface area (TPSA) is 47.7 Å². The van der Waals surface area contributed by atoms with Crippen molar-refractivity contribution in [3.05, 3.63) is 95.4 Å². The van der Waals surface area contributed by atoms with Crippen molar-refractivity contribution in [1.82, 2.24) is 14.5 Å². The molecule has 5 nitrogen and oxygen atoms in total. The number of furan rings is 1. The SMILES string of the molecule is Cc1ccc2c(oc3c2ccc2cnc(C(C)(C)C)nc23)c1-c1n(-c2c(C(C)C)cccc2C(C)C)c2ccccc2[n+]1C. The maximum absolute atomic E-state index is 6.98. The number of nitrogens with zero attached hydrogens (tertiary/aromatic N) is 4. The number of fused-ring (bicyclic) bond motifs is 6. The van der Waals surface area contributed by atoms with Gasteiger partial charge in [0.1, 0.15) is 22.6 Å². The van der Waals surface area contributed by atoms with Crippen LogP contribution in [0.4, 0.5) is 0 Å². The molecular formula is C39H41N4O+. The van der Waals surface area contributed by atoms with Crippen LogP contribution in [0.25, 0.3) is 61.0 Å². The van der Waals surface area contributed by atoms with Gasteiger partial charge in [0, 0.05) is 38.9 Å². The second-order valence-corrected chi connectivity index (χ2v) is 13.9. The van der Waals surface area contributed by atoms with Crippen LogP contribution in [0.5, 0.6) is 0 Å². The van der Waals surface area contributed by atoms with Crippen LogP contribution in [-0.2, 0) is 12.5 Å². The molecule has 3 aromatic heterocycles. The molecule has 0 unspecified atom stereocenters. The van der Waals surface area contributed by atoms with E-state index in [1.54, 1.807) is 0 Å². The highest BCUT2D eigenvalue weighted by atomic mass is 16.3. The average molecular weight is 582 g/mol. The summed E-state index contributed by atoms with van der Waals surface area (Å²) in [5.74, 6) is 2.63. The number of para-hydroxylation sites is 3. The molecule has 0 N–H and O–H groups in total. The maximum Gasteiger partial charge on any atom is 0.299 e. The van der Waals surface area contributed by atoms with Crippen molar-refractivity contribution < 1.29 is 8.98 Å². The van der Waals surface area contributed by atoms with Gasteiger partial charge >= 0.3 is 0 Å². The number of hydrogen-bond acceptors (Lipinski definition) is 3. The molecule has 7 rings (SSSR count). The largest absolute Gasteiger partial charge is 0.453 e. The molecule has 0 aliphatic heterocycles. The highest BCUT2D eigenvalue weighted by Gasteiger charge is 2.33. The molecule has 0 spiro atoms. The van der Waals surface area contributed by atoms with Gasteiger partial charge in [-0.3, -0.25) is 0 Å². The first-order valence-corrected chi connectivity index (χ1v) is 15.7. The van der Waals surface area contributed by atoms with E-state index in [1.807, 2.05) is 6.20 Å². The monoisotopic (exact) mass is 581 g/mol. The summed E-state index contributed by atoms with van der Waals surface area (Å²) in [6.07, 6.45) is 1.93. The van der Waals surface area contributed by atoms with Crippen molar-refractivity contribution in [2.45, 2.75) is 72.6 Å². The van der Waals surface area contributed by atoms with Crippen molar-refractivity contribution in [3.8, 4) is 17.1 Å². The molecule has 0 atom stereocenters. The van der Waals surface area contributed by atoms with Crippen LogP contribution in [-0.4, -0.2) is 14.5 Å². The Morgan fingerprint density at radius 1 is 0.795 bits per heavy atom. The zero-order valence-electron chi connectivity index (χ0n) is 27.3. The average Bonchev–Trinajstić information content (AvgIpc) is 3.51. The summed E-state index contributed by atoms with van der Waals surface area (Å²) in [5, 5.41) is 3.15. The number of imidazole rings is 1. The van der Waals surface area contributed by atoms with Gasteiger partial charge in [0.05, 0.1) is 7.05 Å². The van der Waals surface area contributed by atoms with E-state index in [-0.39, 0.29) is 5.41 Å². The molecule has 0 fully saturated rings. The Labute approximate surface area is 259 Å². The lowest BCUT2D eigenvalue weighted by molar-refractivity contribution is -0.633. The molecule has 4 aromatic carbocycles. The molecule has 0 amide bonds. The van der Waals surface area contributed by atoms with Crippen LogP contribution in [0.1, 0.15) is 82.8 Å². The summed E-state index contributed by atoms with van der Waals surface area (Å²) in [5.41, 5.74) is 11.0. The Kier molecular flexibility index (Phi) is 6.44. The smallest absolute Gasteiger partial charge is 0.299 e. The summed E-state index contributed by atoms with van der Waals surface area (Å²) in [7, 11) is 2.18. The molecule has 0 bridgehead atoms. The highest BCUT2D eigenvalue weighted by molar-refractivity contribution is 6.16. The number of aryl methyl sites for hydroxylation is 2. The van der Waals surface area contributed by atoms with Crippen molar-refractivity contribution >= 4 is 43.9 Å². The standard InChI is InChI=1S/C39H41N4O/c1-22(2)26-13-12-14-27(23(3)4)34(26)43-31-16-11-10-15-30(31)42(9)37(43)32-24(5)17-19-28-29-20-18-25-21-40-38(39(6,7)8)41-33(25)36(29)44-35(28)32/h10-23H,1-9H3/q+1. The van der Waals surface area contributed by atoms with Gasteiger partial charge in [-0.05, 0) is 42.5 Å². The van der Waals surface area contributed by atoms with Crippen LogP contribution >= 0.6 is 0 Å². The second kappa shape index (κ2) is 10.0. The normalized spacial score (nSPS) is 12.6. The zero-order chi connectivity index (χ0) is 31.1. The molecule has 0 radical (unpaired) electrons. The molecule has 0 aliphatic carbocycles. The Balaban J connectivity index is 1.65. The first kappa shape index (κ1) is 28.3. The summed E-state index contributed by atoms with van der Waals surface area (Å²) in [6.45, 7) is 17.8. The predicted molar refractivity (Wildman–Crippen MR) is 182 cm³/mol. The molecule has 3 heterocycles. The predicted octanol–water partition coefficient (Wildman–Crippen LogP) is 9.82. The number of rotatable bonds is 4. The number of aromatic nitrogens is 4. The molecule has 5 heteroatoms. The van der Waals surface area contributed by atoms with Crippen molar-refractivity contribution in [1.29, 1.82) is 0 Å². The van der Waals surface area contributed by atoms with E-state index in [4.69, 9.17) is 9.40 Å². The highest BCUT2D eigenvalue weighted by Crippen LogP contribution is 2.42. The van der Waals surface area contributed by atoms with Gasteiger partial charge in [0.25, 0.3) is 5.82 Å². The van der Waals surface area contributed by atoms with Crippen molar-refractivity contribution in [2.24, 2.45) is 7.05 Å². The molecule has 0 aliphatic rings. The van der Waals surface area contributed by atoms with Gasteiger partial charge in [-0.2, -0.15) is 4.57 Å². The van der Waals surface area contributed by atoms with E-state index in [1.165, 1.54) is 33.4 Å². The van der Waals surface area contributed by atoms with E-state index in [0.717, 1.165) is 50.1 Å². The summed E-state index contributed by atoms with van der Waals surface area (Å²) in [4.78, 5) is 9.74. The minimum absolute atomic E-state index is 0.170. The molecule has 7 aromatic rings. The van der Waals surface area contributed by atoms with Crippen LogP contribution < -0.4 is 4.57 Å². The number of hydrogen-bond donors (Lipinski definition) is 0. The van der Waals surface area contributed by atoms with Crippen LogP contribution in [0.15, 0.2) is 77.3 Å². The van der Waals surface area contributed by atoms with Gasteiger partial charge in [-0.1, -0.05) is 97.0 Å². The van der Waals surface area contributed by atoms with Crippen LogP contribution in [0.3, 0.4) is 0 Å². The van der Waals surface area contributed by atoms with Crippen molar-refractivity contribution in [2.75, 3.05) is 0 Å². The van der Waals surface area contributed by atoms with Gasteiger partial charge in [-0.25, -0.2) is 14.5 Å². The Morgan fingerprint density at radius 2 is 1.45 bits per heavy atom. The third-order valence-electron chi connectivity index (χ3n) is 9.04. The van der Waals surface area contributed by atoms with Gasteiger partial charge < -0.3 is 4.42 Å². The summed E-state index contributed by atoms with van der Waals surface area (Å²) in [6, 6.07) is 24.2. The van der Waals surface area contributed by atoms with E-state index in [0.29, 0.717) is 11.8 Å². The molecule has 44 heavy (non-hydrogen) atoms. The Bertz CT molecular complexity index is 2220. The van der Waals surface area contributed by atoms with E-state index < -0.39 is 0 Å². The van der Waals surface area contributed by atoms with E-state index >= 15 is 0 Å². The van der Waals surface area contributed by atoms with Gasteiger partial charge in [0.2, 0.25) is 0 Å². The minimum atomic E-state index is -0.170. The zero-order valence-corrected chi connectivity index (χ0v) is 27.3. The molecular weight excluding hydrogens is 540 g/mol. The van der Waals surface area contributed by atoms with Gasteiger partial charge in [0.15, 0.2) is 22.2 Å². The van der Waals surface area contributed by atoms with Gasteiger partial charge in [-0.15, -0.1) is 0 Å². The Morgan fingerprint density at radius 3 is 2.14 bits per heavy atom. The fraction of sp³-hybridized carbons (Fsp3) is 0.308. The summed E-state index contributed by atoms with van der Waals surface area (Å²) >= 11 is 0. The quantitative estimate of drug-likeness (QED) is 0.194. The maximum atomic E-state index is 6.98.